The van der Waals surface area contributed by atoms with Crippen LogP contribution in [0.1, 0.15) is 5.56 Å². The zero-order valence-electron chi connectivity index (χ0n) is 14.6. The van der Waals surface area contributed by atoms with Crippen LogP contribution in [0.2, 0.25) is 0 Å². The van der Waals surface area contributed by atoms with Crippen LogP contribution in [0, 0.1) is 6.92 Å². The molecule has 132 valence electrons. The molecule has 0 saturated carbocycles. The molecule has 13 heteroatoms. The Kier molecular flexibility index (Phi) is 8.10. The third kappa shape index (κ3) is 5.11. The minimum atomic E-state index is -4.78. The van der Waals surface area contributed by atoms with Gasteiger partial charge in [0.05, 0.1) is 20.0 Å². The van der Waals surface area contributed by atoms with E-state index in [4.69, 9.17) is 5.73 Å². The van der Waals surface area contributed by atoms with Crippen LogP contribution in [0.4, 0.5) is 5.69 Å². The summed E-state index contributed by atoms with van der Waals surface area (Å²) in [6.45, 7) is 1.49. The van der Waals surface area contributed by atoms with Gasteiger partial charge in [-0.25, -0.2) is 21.8 Å². The average Bonchev–Trinajstić information content (AvgIpc) is 2.88. The summed E-state index contributed by atoms with van der Waals surface area (Å²) in [7, 11) is -9.49. The first kappa shape index (κ1) is 25.0. The van der Waals surface area contributed by atoms with Crippen molar-refractivity contribution in [1.82, 2.24) is 4.98 Å². The monoisotopic (exact) mass is 444 g/mol. The molecular formula is C14H10N2Na2O6S3. The van der Waals surface area contributed by atoms with E-state index >= 15 is 0 Å². The first-order valence-corrected chi connectivity index (χ1v) is 10.3. The van der Waals surface area contributed by atoms with Crippen molar-refractivity contribution in [1.29, 1.82) is 0 Å². The van der Waals surface area contributed by atoms with Gasteiger partial charge in [0.2, 0.25) is 0 Å². The Bertz CT molecular complexity index is 1220. The summed E-state index contributed by atoms with van der Waals surface area (Å²) in [5, 5.41) is 0.260. The molecule has 0 saturated heterocycles. The van der Waals surface area contributed by atoms with Crippen molar-refractivity contribution < 1.29 is 85.1 Å². The van der Waals surface area contributed by atoms with Crippen molar-refractivity contribution in [2.24, 2.45) is 0 Å². The van der Waals surface area contributed by atoms with Crippen LogP contribution in [0.5, 0.6) is 0 Å². The second-order valence-corrected chi connectivity index (χ2v) is 8.90. The molecule has 0 spiro atoms. The fourth-order valence-corrected chi connectivity index (χ4v) is 5.29. The molecule has 2 aromatic carbocycles. The molecule has 2 N–H and O–H groups in total. The van der Waals surface area contributed by atoms with E-state index in [2.05, 4.69) is 4.98 Å². The summed E-state index contributed by atoms with van der Waals surface area (Å²) in [4.78, 5) is 3.28. The van der Waals surface area contributed by atoms with Gasteiger partial charge in [0.15, 0.2) is 0 Å². The summed E-state index contributed by atoms with van der Waals surface area (Å²) in [5.74, 6) is 0. The van der Waals surface area contributed by atoms with Crippen molar-refractivity contribution in [2.45, 2.75) is 16.7 Å². The molecule has 0 unspecified atom stereocenters. The van der Waals surface area contributed by atoms with Crippen molar-refractivity contribution in [2.75, 3.05) is 5.73 Å². The standard InChI is InChI=1S/C14H12N2O6S3.2Na/c1-7-2-5-10-12(13(7)25(20,21)22)23-14(16-10)8-3-4-9(15)11(6-8)24(17,18)19;;/h2-6H,15H2,1H3,(H,17,18,19)(H,20,21,22);;/q;2*+1/p-2. The van der Waals surface area contributed by atoms with E-state index in [0.717, 1.165) is 17.4 Å². The third-order valence-electron chi connectivity index (χ3n) is 3.49. The molecule has 0 aliphatic heterocycles. The normalized spacial score (nSPS) is 11.7. The molecule has 3 rings (SSSR count). The number of aryl methyl sites for hydroxylation is 1. The molecule has 0 radical (unpaired) electrons. The van der Waals surface area contributed by atoms with E-state index in [0.29, 0.717) is 0 Å². The minimum absolute atomic E-state index is 0. The van der Waals surface area contributed by atoms with E-state index in [-0.39, 0.29) is 96.0 Å². The fourth-order valence-electron chi connectivity index (χ4n) is 2.38. The van der Waals surface area contributed by atoms with E-state index < -0.39 is 25.1 Å². The van der Waals surface area contributed by atoms with E-state index in [1.807, 2.05) is 0 Å². The van der Waals surface area contributed by atoms with Crippen LogP contribution >= 0.6 is 11.3 Å². The number of nitrogen functional groups attached to an aromatic ring is 1. The fraction of sp³-hybridized carbons (Fsp3) is 0.0714. The number of aromatic nitrogens is 1. The topological polar surface area (TPSA) is 153 Å². The first-order valence-electron chi connectivity index (χ1n) is 6.70. The van der Waals surface area contributed by atoms with Gasteiger partial charge < -0.3 is 14.8 Å². The predicted octanol–water partition coefficient (Wildman–Crippen LogP) is -4.33. The molecule has 27 heavy (non-hydrogen) atoms. The Hall–Kier alpha value is -0.0500. The van der Waals surface area contributed by atoms with E-state index in [9.17, 15) is 25.9 Å². The summed E-state index contributed by atoms with van der Waals surface area (Å²) in [5.41, 5.74) is 6.16. The molecule has 1 heterocycles. The van der Waals surface area contributed by atoms with Crippen LogP contribution < -0.4 is 64.8 Å². The Labute approximate surface area is 204 Å². The van der Waals surface area contributed by atoms with Gasteiger partial charge in [-0.3, -0.25) is 0 Å². The maximum absolute atomic E-state index is 11.5. The van der Waals surface area contributed by atoms with Gasteiger partial charge in [-0.15, -0.1) is 11.3 Å². The second kappa shape index (κ2) is 8.76. The Morgan fingerprint density at radius 2 is 1.63 bits per heavy atom. The Morgan fingerprint density at radius 1 is 1.00 bits per heavy atom. The zero-order chi connectivity index (χ0) is 18.6. The number of hydrogen-bond acceptors (Lipinski definition) is 9. The quantitative estimate of drug-likeness (QED) is 0.242. The van der Waals surface area contributed by atoms with Crippen LogP contribution in [0.15, 0.2) is 40.1 Å². The summed E-state index contributed by atoms with van der Waals surface area (Å²) in [6.07, 6.45) is 0. The summed E-state index contributed by atoms with van der Waals surface area (Å²) >= 11 is 0.915. The molecule has 3 aromatic rings. The molecule has 1 aromatic heterocycles. The number of hydrogen-bond donors (Lipinski definition) is 1. The third-order valence-corrected chi connectivity index (χ3v) is 6.67. The second-order valence-electron chi connectivity index (χ2n) is 5.24. The molecular weight excluding hydrogens is 434 g/mol. The number of nitrogens with two attached hydrogens (primary N) is 1. The number of nitrogens with zero attached hydrogens (tertiary/aromatic N) is 1. The molecule has 0 atom stereocenters. The largest absolute Gasteiger partial charge is 1.00 e. The van der Waals surface area contributed by atoms with Gasteiger partial charge in [0, 0.05) is 11.3 Å². The zero-order valence-corrected chi connectivity index (χ0v) is 21.0. The Balaban J connectivity index is 0.00000182. The van der Waals surface area contributed by atoms with Crippen molar-refractivity contribution >= 4 is 47.5 Å². The van der Waals surface area contributed by atoms with Crippen molar-refractivity contribution in [3.63, 3.8) is 0 Å². The summed E-state index contributed by atoms with van der Waals surface area (Å²) < 4.78 is 68.6. The first-order chi connectivity index (χ1) is 11.5. The maximum Gasteiger partial charge on any atom is 1.00 e. The summed E-state index contributed by atoms with van der Waals surface area (Å²) in [6, 6.07) is 6.81. The molecule has 0 aliphatic carbocycles. The molecule has 0 bridgehead atoms. The minimum Gasteiger partial charge on any atom is -0.744 e. The number of fused-ring (bicyclic) bond motifs is 1. The molecule has 0 fully saturated rings. The van der Waals surface area contributed by atoms with Gasteiger partial charge in [-0.2, -0.15) is 0 Å². The number of thiazole rings is 1. The van der Waals surface area contributed by atoms with Gasteiger partial charge in [0.25, 0.3) is 0 Å². The van der Waals surface area contributed by atoms with Crippen molar-refractivity contribution in [3.8, 4) is 10.6 Å². The number of anilines is 1. The van der Waals surface area contributed by atoms with Crippen molar-refractivity contribution in [3.05, 3.63) is 35.9 Å². The average molecular weight is 444 g/mol. The van der Waals surface area contributed by atoms with E-state index in [1.165, 1.54) is 25.1 Å². The van der Waals surface area contributed by atoms with Crippen LogP contribution in [-0.2, 0) is 20.2 Å². The van der Waals surface area contributed by atoms with Crippen LogP contribution in [0.25, 0.3) is 20.8 Å². The molecule has 8 nitrogen and oxygen atoms in total. The molecule has 0 amide bonds. The van der Waals surface area contributed by atoms with Crippen LogP contribution in [0.3, 0.4) is 0 Å². The van der Waals surface area contributed by atoms with Crippen LogP contribution in [-0.4, -0.2) is 30.9 Å². The predicted molar refractivity (Wildman–Crippen MR) is 90.1 cm³/mol. The number of rotatable bonds is 3. The number of benzene rings is 2. The Morgan fingerprint density at radius 3 is 2.19 bits per heavy atom. The van der Waals surface area contributed by atoms with Gasteiger partial charge in [-0.05, 0) is 36.8 Å². The van der Waals surface area contributed by atoms with E-state index in [1.54, 1.807) is 6.07 Å². The van der Waals surface area contributed by atoms with Gasteiger partial charge in [-0.1, -0.05) is 6.07 Å². The van der Waals surface area contributed by atoms with Gasteiger partial charge in [0.1, 0.15) is 25.2 Å². The SMILES string of the molecule is Cc1ccc2nc(-c3ccc(N)c(S(=O)(=O)[O-])c3)sc2c1S(=O)(=O)[O-].[Na+].[Na+]. The maximum atomic E-state index is 11.5. The molecule has 0 aliphatic rings. The van der Waals surface area contributed by atoms with Gasteiger partial charge >= 0.3 is 59.1 Å². The smallest absolute Gasteiger partial charge is 0.744 e.